The molecule has 0 bridgehead atoms. The van der Waals surface area contributed by atoms with Crippen LogP contribution in [0.25, 0.3) is 0 Å². The molecule has 1 aliphatic heterocycles. The lowest BCUT2D eigenvalue weighted by molar-refractivity contribution is -0.137. The molecule has 4 rings (SSSR count). The van der Waals surface area contributed by atoms with Gasteiger partial charge in [-0.2, -0.15) is 0 Å². The molecule has 0 unspecified atom stereocenters. The van der Waals surface area contributed by atoms with Gasteiger partial charge in [0.2, 0.25) is 11.2 Å². The van der Waals surface area contributed by atoms with Crippen molar-refractivity contribution in [1.29, 1.82) is 0 Å². The van der Waals surface area contributed by atoms with Crippen molar-refractivity contribution in [1.82, 2.24) is 14.8 Å². The number of esters is 1. The lowest BCUT2D eigenvalue weighted by atomic mass is 9.67. The fraction of sp³-hybridized carbons (Fsp3) is 0.462. The van der Waals surface area contributed by atoms with E-state index in [1.54, 1.807) is 38.6 Å². The fourth-order valence-corrected chi connectivity index (χ4v) is 5.25. The number of aromatic nitrogens is 1. The predicted molar refractivity (Wildman–Crippen MR) is 133 cm³/mol. The summed E-state index contributed by atoms with van der Waals surface area (Å²) in [6.45, 7) is 3.85. The average molecular weight is 534 g/mol. The molecule has 37 heavy (non-hydrogen) atoms. The summed E-state index contributed by atoms with van der Waals surface area (Å²) in [4.78, 5) is 53.9. The van der Waals surface area contributed by atoms with Gasteiger partial charge in [-0.3, -0.25) is 19.2 Å². The zero-order valence-electron chi connectivity index (χ0n) is 21.1. The van der Waals surface area contributed by atoms with E-state index in [2.05, 4.69) is 5.32 Å². The molecule has 1 aromatic heterocycles. The predicted octanol–water partition coefficient (Wildman–Crippen LogP) is 2.97. The van der Waals surface area contributed by atoms with Crippen LogP contribution in [-0.4, -0.2) is 54.6 Å². The van der Waals surface area contributed by atoms with E-state index in [-0.39, 0.29) is 34.3 Å². The first-order valence-corrected chi connectivity index (χ1v) is 12.3. The van der Waals surface area contributed by atoms with Crippen molar-refractivity contribution in [2.45, 2.75) is 38.8 Å². The largest absolute Gasteiger partial charge is 0.420 e. The van der Waals surface area contributed by atoms with Crippen LogP contribution in [-0.2, 0) is 21.6 Å². The summed E-state index contributed by atoms with van der Waals surface area (Å²) in [5.74, 6) is -3.50. The lowest BCUT2D eigenvalue weighted by Crippen LogP contribution is -2.60. The van der Waals surface area contributed by atoms with Crippen molar-refractivity contribution in [3.05, 3.63) is 62.3 Å². The van der Waals surface area contributed by atoms with Gasteiger partial charge in [0.05, 0.1) is 16.5 Å². The standard InChI is InChI=1S/C26H29ClFN3O6/c1-14(2)25(35)37-22-20-24(34)30(3)13-26(8-15(9-26)12-36-4)31(20)11-17(21(22)32)23(33)29-10-16-6-5-7-18(27)19(16)28/h5-7,11,14-15H,8-10,12-13H2,1-4H3,(H,29,33)/t15-,26+. The molecule has 9 nitrogen and oxygen atoms in total. The maximum Gasteiger partial charge on any atom is 0.313 e. The summed E-state index contributed by atoms with van der Waals surface area (Å²) in [6, 6.07) is 4.39. The number of methoxy groups -OCH3 is 1. The van der Waals surface area contributed by atoms with E-state index in [1.807, 2.05) is 0 Å². The normalized spacial score (nSPS) is 20.6. The molecule has 2 aromatic rings. The highest BCUT2D eigenvalue weighted by molar-refractivity contribution is 6.30. The van der Waals surface area contributed by atoms with Crippen LogP contribution in [0.3, 0.4) is 0 Å². The van der Waals surface area contributed by atoms with Gasteiger partial charge >= 0.3 is 5.97 Å². The highest BCUT2D eigenvalue weighted by Crippen LogP contribution is 2.48. The Morgan fingerprint density at radius 2 is 1.97 bits per heavy atom. The Hall–Kier alpha value is -3.24. The second-order valence-electron chi connectivity index (χ2n) is 10.0. The molecule has 198 valence electrons. The van der Waals surface area contributed by atoms with Crippen molar-refractivity contribution in [3.63, 3.8) is 0 Å². The van der Waals surface area contributed by atoms with Gasteiger partial charge in [-0.15, -0.1) is 0 Å². The quantitative estimate of drug-likeness (QED) is 0.548. The van der Waals surface area contributed by atoms with E-state index in [4.69, 9.17) is 21.1 Å². The Kier molecular flexibility index (Phi) is 7.43. The van der Waals surface area contributed by atoms with Gasteiger partial charge in [-0.05, 0) is 24.8 Å². The van der Waals surface area contributed by atoms with Crippen LogP contribution >= 0.6 is 11.6 Å². The van der Waals surface area contributed by atoms with E-state index in [1.165, 1.54) is 23.2 Å². The van der Waals surface area contributed by atoms with Crippen LogP contribution < -0.4 is 15.5 Å². The molecule has 2 heterocycles. The van der Waals surface area contributed by atoms with Crippen LogP contribution in [0.1, 0.15) is 53.1 Å². The molecule has 2 aliphatic rings. The fourth-order valence-electron chi connectivity index (χ4n) is 5.06. The number of carbonyl (C=O) groups excluding carboxylic acids is 3. The van der Waals surface area contributed by atoms with Gasteiger partial charge in [-0.1, -0.05) is 37.6 Å². The molecule has 1 spiro atoms. The molecule has 2 amide bonds. The zero-order chi connectivity index (χ0) is 27.1. The monoisotopic (exact) mass is 533 g/mol. The third-order valence-corrected chi connectivity index (χ3v) is 7.18. The van der Waals surface area contributed by atoms with Crippen LogP contribution in [0, 0.1) is 17.7 Å². The van der Waals surface area contributed by atoms with Crippen LogP contribution in [0.2, 0.25) is 5.02 Å². The minimum Gasteiger partial charge on any atom is -0.420 e. The Morgan fingerprint density at radius 1 is 1.27 bits per heavy atom. The molecule has 0 saturated heterocycles. The molecular formula is C26H29ClFN3O6. The van der Waals surface area contributed by atoms with Crippen molar-refractivity contribution in [2.75, 3.05) is 27.3 Å². The first kappa shape index (κ1) is 26.8. The topological polar surface area (TPSA) is 107 Å². The Labute approximate surface area is 218 Å². The molecular weight excluding hydrogens is 505 g/mol. The molecule has 0 atom stereocenters. The minimum absolute atomic E-state index is 0.0685. The number of halogens is 2. The van der Waals surface area contributed by atoms with Gasteiger partial charge < -0.3 is 24.3 Å². The number of hydrogen-bond acceptors (Lipinski definition) is 6. The van der Waals surface area contributed by atoms with Crippen LogP contribution in [0.5, 0.6) is 5.75 Å². The number of fused-ring (bicyclic) bond motifs is 2. The number of ether oxygens (including phenoxy) is 2. The third kappa shape index (κ3) is 4.87. The Bertz CT molecular complexity index is 1320. The number of pyridine rings is 1. The lowest BCUT2D eigenvalue weighted by Gasteiger charge is -2.54. The van der Waals surface area contributed by atoms with Crippen molar-refractivity contribution >= 4 is 29.4 Å². The maximum absolute atomic E-state index is 14.3. The summed E-state index contributed by atoms with van der Waals surface area (Å²) in [5.41, 5.74) is -1.73. The minimum atomic E-state index is -0.893. The highest BCUT2D eigenvalue weighted by Gasteiger charge is 2.52. The van der Waals surface area contributed by atoms with E-state index >= 15 is 0 Å². The molecule has 1 saturated carbocycles. The second-order valence-corrected chi connectivity index (χ2v) is 10.4. The van der Waals surface area contributed by atoms with Gasteiger partial charge in [0, 0.05) is 45.6 Å². The molecule has 1 aromatic carbocycles. The Balaban J connectivity index is 1.79. The second kappa shape index (κ2) is 10.3. The SMILES string of the molecule is COC[C@H]1C[C@]2(CN(C)C(=O)c3c(OC(=O)C(C)C)c(=O)c(C(=O)NCc4cccc(Cl)c4F)cn32)C1. The number of carbonyl (C=O) groups is 3. The van der Waals surface area contributed by atoms with Gasteiger partial charge in [0.15, 0.2) is 5.69 Å². The van der Waals surface area contributed by atoms with E-state index in [0.717, 1.165) is 0 Å². The van der Waals surface area contributed by atoms with Gasteiger partial charge in [0.25, 0.3) is 11.8 Å². The van der Waals surface area contributed by atoms with Crippen LogP contribution in [0.4, 0.5) is 4.39 Å². The first-order valence-electron chi connectivity index (χ1n) is 12.0. The number of hydrogen-bond donors (Lipinski definition) is 1. The van der Waals surface area contributed by atoms with Gasteiger partial charge in [0.1, 0.15) is 11.4 Å². The van der Waals surface area contributed by atoms with Crippen molar-refractivity contribution in [3.8, 4) is 5.75 Å². The summed E-state index contributed by atoms with van der Waals surface area (Å²) < 4.78 is 26.7. The van der Waals surface area contributed by atoms with Crippen molar-refractivity contribution < 1.29 is 28.2 Å². The smallest absolute Gasteiger partial charge is 0.313 e. The van der Waals surface area contributed by atoms with E-state index in [9.17, 15) is 23.6 Å². The number of likely N-dealkylation sites (N-methyl/N-ethyl adjacent to an activating group) is 1. The third-order valence-electron chi connectivity index (χ3n) is 6.89. The molecule has 1 aliphatic carbocycles. The molecule has 1 N–H and O–H groups in total. The van der Waals surface area contributed by atoms with Crippen LogP contribution in [0.15, 0.2) is 29.2 Å². The number of benzene rings is 1. The first-order chi connectivity index (χ1) is 17.5. The molecule has 1 fully saturated rings. The summed E-state index contributed by atoms with van der Waals surface area (Å²) in [5, 5.41) is 2.45. The number of nitrogens with zero attached hydrogens (tertiary/aromatic N) is 2. The summed E-state index contributed by atoms with van der Waals surface area (Å²) in [6.07, 6.45) is 2.63. The highest BCUT2D eigenvalue weighted by atomic mass is 35.5. The molecule has 11 heteroatoms. The molecule has 0 radical (unpaired) electrons. The number of rotatable bonds is 7. The van der Waals surface area contributed by atoms with Crippen molar-refractivity contribution in [2.24, 2.45) is 11.8 Å². The summed E-state index contributed by atoms with van der Waals surface area (Å²) in [7, 11) is 3.23. The number of nitrogens with one attached hydrogen (secondary N) is 1. The number of amides is 2. The maximum atomic E-state index is 14.3. The van der Waals surface area contributed by atoms with E-state index < -0.39 is 46.2 Å². The van der Waals surface area contributed by atoms with E-state index in [0.29, 0.717) is 26.0 Å². The average Bonchev–Trinajstić information content (AvgIpc) is 2.83. The Morgan fingerprint density at radius 3 is 2.62 bits per heavy atom. The summed E-state index contributed by atoms with van der Waals surface area (Å²) >= 11 is 5.82. The van der Waals surface area contributed by atoms with Gasteiger partial charge in [-0.25, -0.2) is 4.39 Å². The zero-order valence-corrected chi connectivity index (χ0v) is 21.9.